The van der Waals surface area contributed by atoms with E-state index in [-0.39, 0.29) is 30.6 Å². The Hall–Kier alpha value is -1.72. The van der Waals surface area contributed by atoms with Gasteiger partial charge in [-0.15, -0.1) is 0 Å². The standard InChI is InChI=1S/C28H46N4O5S/c1-20(2)32-23-7-8-24(32)18-25(17-23)30-9-11-31(12-10-30)27(33)19-37-14-13-29(5)38(34,35)28-21(3)15-26(36-6)16-22(28)4/h15-16,20,23-25H,7-14,17-19H2,1-6H3. The van der Waals surface area contributed by atoms with Crippen molar-refractivity contribution in [2.45, 2.75) is 82.4 Å². The number of ether oxygens (including phenoxy) is 2. The van der Waals surface area contributed by atoms with E-state index in [1.165, 1.54) is 30.0 Å². The van der Waals surface area contributed by atoms with E-state index >= 15 is 0 Å². The largest absolute Gasteiger partial charge is 0.497 e. The van der Waals surface area contributed by atoms with Crippen LogP contribution in [0.4, 0.5) is 0 Å². The van der Waals surface area contributed by atoms with E-state index in [1.807, 2.05) is 4.90 Å². The Balaban J connectivity index is 1.19. The van der Waals surface area contributed by atoms with E-state index in [0.717, 1.165) is 26.2 Å². The van der Waals surface area contributed by atoms with Crippen LogP contribution in [0.3, 0.4) is 0 Å². The Morgan fingerprint density at radius 3 is 2.13 bits per heavy atom. The number of likely N-dealkylation sites (N-methyl/N-ethyl adjacent to an activating group) is 1. The molecule has 3 saturated heterocycles. The first-order valence-electron chi connectivity index (χ1n) is 14.0. The normalized spacial score (nSPS) is 24.9. The highest BCUT2D eigenvalue weighted by molar-refractivity contribution is 7.89. The van der Waals surface area contributed by atoms with Crippen molar-refractivity contribution in [3.63, 3.8) is 0 Å². The predicted molar refractivity (Wildman–Crippen MR) is 148 cm³/mol. The second kappa shape index (κ2) is 12.2. The van der Waals surface area contributed by atoms with E-state index in [1.54, 1.807) is 40.1 Å². The van der Waals surface area contributed by atoms with Gasteiger partial charge in [0.2, 0.25) is 15.9 Å². The summed E-state index contributed by atoms with van der Waals surface area (Å²) in [6, 6.07) is 6.13. The lowest BCUT2D eigenvalue weighted by Crippen LogP contribution is -2.57. The number of carbonyl (C=O) groups is 1. The minimum atomic E-state index is -3.68. The van der Waals surface area contributed by atoms with Gasteiger partial charge < -0.3 is 14.4 Å². The van der Waals surface area contributed by atoms with Gasteiger partial charge in [0.05, 0.1) is 18.6 Å². The van der Waals surface area contributed by atoms with Gasteiger partial charge in [0.1, 0.15) is 12.4 Å². The zero-order valence-electron chi connectivity index (χ0n) is 24.0. The fourth-order valence-corrected chi connectivity index (χ4v) is 8.38. The molecular formula is C28H46N4O5S. The second-order valence-electron chi connectivity index (χ2n) is 11.4. The molecule has 0 spiro atoms. The molecule has 0 aliphatic carbocycles. The number of aryl methyl sites for hydroxylation is 2. The molecule has 3 aliphatic rings. The number of fused-ring (bicyclic) bond motifs is 2. The number of methoxy groups -OCH3 is 1. The number of hydrogen-bond acceptors (Lipinski definition) is 7. The molecule has 0 N–H and O–H groups in total. The first kappa shape index (κ1) is 29.3. The van der Waals surface area contributed by atoms with Crippen LogP contribution in [-0.4, -0.2) is 118 Å². The predicted octanol–water partition coefficient (Wildman–Crippen LogP) is 2.50. The number of piperidine rings is 1. The van der Waals surface area contributed by atoms with Crippen LogP contribution in [0.25, 0.3) is 0 Å². The van der Waals surface area contributed by atoms with Gasteiger partial charge in [-0.3, -0.25) is 14.6 Å². The third-order valence-corrected chi connectivity index (χ3v) is 10.8. The number of hydrogen-bond donors (Lipinski definition) is 0. The molecule has 3 heterocycles. The number of sulfonamides is 1. The van der Waals surface area contributed by atoms with Crippen LogP contribution in [0.15, 0.2) is 17.0 Å². The molecule has 1 amide bonds. The topological polar surface area (TPSA) is 82.6 Å². The van der Waals surface area contributed by atoms with E-state index in [0.29, 0.717) is 41.0 Å². The van der Waals surface area contributed by atoms with E-state index in [9.17, 15) is 13.2 Å². The molecule has 2 atom stereocenters. The summed E-state index contributed by atoms with van der Waals surface area (Å²) in [5.41, 5.74) is 1.28. The summed E-state index contributed by atoms with van der Waals surface area (Å²) in [5.74, 6) is 0.611. The Morgan fingerprint density at radius 2 is 1.61 bits per heavy atom. The molecule has 0 aromatic heterocycles. The molecular weight excluding hydrogens is 504 g/mol. The highest BCUT2D eigenvalue weighted by atomic mass is 32.2. The molecule has 1 aromatic carbocycles. The number of amides is 1. The minimum Gasteiger partial charge on any atom is -0.497 e. The molecule has 10 heteroatoms. The van der Waals surface area contributed by atoms with Gasteiger partial charge in [-0.05, 0) is 76.6 Å². The maximum absolute atomic E-state index is 13.2. The fraction of sp³-hybridized carbons (Fsp3) is 0.750. The number of nitrogens with zero attached hydrogens (tertiary/aromatic N) is 4. The zero-order chi connectivity index (χ0) is 27.6. The Morgan fingerprint density at radius 1 is 1.03 bits per heavy atom. The van der Waals surface area contributed by atoms with Crippen LogP contribution in [0.1, 0.15) is 50.7 Å². The van der Waals surface area contributed by atoms with Crippen LogP contribution in [0.2, 0.25) is 0 Å². The molecule has 38 heavy (non-hydrogen) atoms. The highest BCUT2D eigenvalue weighted by Crippen LogP contribution is 2.39. The van der Waals surface area contributed by atoms with E-state index in [4.69, 9.17) is 9.47 Å². The monoisotopic (exact) mass is 550 g/mol. The molecule has 2 bridgehead atoms. The van der Waals surface area contributed by atoms with E-state index in [2.05, 4.69) is 23.6 Å². The first-order valence-corrected chi connectivity index (χ1v) is 15.5. The van der Waals surface area contributed by atoms with Crippen LogP contribution in [-0.2, 0) is 19.6 Å². The van der Waals surface area contributed by atoms with Crippen LogP contribution in [0, 0.1) is 13.8 Å². The fourth-order valence-electron chi connectivity index (χ4n) is 6.82. The first-order chi connectivity index (χ1) is 18.0. The molecule has 1 aromatic rings. The van der Waals surface area contributed by atoms with Crippen LogP contribution < -0.4 is 4.74 Å². The number of rotatable bonds is 10. The highest BCUT2D eigenvalue weighted by Gasteiger charge is 2.43. The average Bonchev–Trinajstić information content (AvgIpc) is 3.15. The summed E-state index contributed by atoms with van der Waals surface area (Å²) in [7, 11) is -0.576. The molecule has 214 valence electrons. The minimum absolute atomic E-state index is 0.0216. The lowest BCUT2D eigenvalue weighted by Gasteiger charge is -2.47. The maximum Gasteiger partial charge on any atom is 0.248 e. The summed E-state index contributed by atoms with van der Waals surface area (Å²) in [4.78, 5) is 20.3. The zero-order valence-corrected chi connectivity index (χ0v) is 24.8. The third-order valence-electron chi connectivity index (χ3n) is 8.66. The lowest BCUT2D eigenvalue weighted by molar-refractivity contribution is -0.138. The van der Waals surface area contributed by atoms with Crippen molar-refractivity contribution < 1.29 is 22.7 Å². The molecule has 4 rings (SSSR count). The number of piperazine rings is 1. The quantitative estimate of drug-likeness (QED) is 0.414. The Kier molecular flexibility index (Phi) is 9.40. The van der Waals surface area contributed by atoms with Crippen molar-refractivity contribution >= 4 is 15.9 Å². The van der Waals surface area contributed by atoms with Gasteiger partial charge in [-0.25, -0.2) is 8.42 Å². The average molecular weight is 551 g/mol. The van der Waals surface area contributed by atoms with Gasteiger partial charge >= 0.3 is 0 Å². The van der Waals surface area contributed by atoms with Crippen LogP contribution >= 0.6 is 0 Å². The summed E-state index contributed by atoms with van der Waals surface area (Å²) in [5, 5.41) is 0. The molecule has 3 aliphatic heterocycles. The summed E-state index contributed by atoms with van der Waals surface area (Å²) in [6.45, 7) is 11.8. The van der Waals surface area contributed by atoms with Crippen molar-refractivity contribution in [1.82, 2.24) is 19.0 Å². The molecule has 2 unspecified atom stereocenters. The van der Waals surface area contributed by atoms with Crippen molar-refractivity contribution in [2.24, 2.45) is 0 Å². The molecule has 9 nitrogen and oxygen atoms in total. The summed E-state index contributed by atoms with van der Waals surface area (Å²) in [6.07, 6.45) is 5.14. The Bertz CT molecular complexity index is 1050. The molecule has 3 fully saturated rings. The van der Waals surface area contributed by atoms with Crippen molar-refractivity contribution in [1.29, 1.82) is 0 Å². The summed E-state index contributed by atoms with van der Waals surface area (Å²) >= 11 is 0. The van der Waals surface area contributed by atoms with Gasteiger partial charge in [-0.2, -0.15) is 4.31 Å². The summed E-state index contributed by atoms with van der Waals surface area (Å²) < 4.78 is 38.5. The molecule has 0 saturated carbocycles. The van der Waals surface area contributed by atoms with Crippen molar-refractivity contribution in [3.05, 3.63) is 23.3 Å². The van der Waals surface area contributed by atoms with Crippen molar-refractivity contribution in [3.8, 4) is 5.75 Å². The van der Waals surface area contributed by atoms with Crippen LogP contribution in [0.5, 0.6) is 5.75 Å². The van der Waals surface area contributed by atoms with Gasteiger partial charge in [0.15, 0.2) is 0 Å². The number of benzene rings is 1. The number of carbonyl (C=O) groups excluding carboxylic acids is 1. The second-order valence-corrected chi connectivity index (χ2v) is 13.4. The maximum atomic E-state index is 13.2. The smallest absolute Gasteiger partial charge is 0.248 e. The van der Waals surface area contributed by atoms with E-state index < -0.39 is 10.0 Å². The van der Waals surface area contributed by atoms with Gasteiger partial charge in [-0.1, -0.05) is 0 Å². The Labute approximate surface area is 229 Å². The molecule has 0 radical (unpaired) electrons. The lowest BCUT2D eigenvalue weighted by atomic mass is 9.94. The van der Waals surface area contributed by atoms with Gasteiger partial charge in [0.25, 0.3) is 0 Å². The third kappa shape index (κ3) is 6.20. The SMILES string of the molecule is COc1cc(C)c(S(=O)(=O)N(C)CCOCC(=O)N2CCN(C3CC4CCC(C3)N4C(C)C)CC2)c(C)c1. The van der Waals surface area contributed by atoms with Crippen molar-refractivity contribution in [2.75, 3.05) is 60.1 Å². The van der Waals surface area contributed by atoms with Gasteiger partial charge in [0, 0.05) is 63.9 Å².